The fraction of sp³-hybridized carbons (Fsp3) is 0.846. The van der Waals surface area contributed by atoms with Gasteiger partial charge in [-0.1, -0.05) is 79.5 Å². The zero-order valence-electron chi connectivity index (χ0n) is 19.7. The van der Waals surface area contributed by atoms with Gasteiger partial charge < -0.3 is 0 Å². The Balaban J connectivity index is 0.000000533. The van der Waals surface area contributed by atoms with Gasteiger partial charge >= 0.3 is 0 Å². The van der Waals surface area contributed by atoms with Crippen LogP contribution in [0.4, 0.5) is 0 Å². The second-order valence-corrected chi connectivity index (χ2v) is 9.30. The van der Waals surface area contributed by atoms with Gasteiger partial charge in [0.15, 0.2) is 0 Å². The molecule has 0 nitrogen and oxygen atoms in total. The van der Waals surface area contributed by atoms with Crippen molar-refractivity contribution in [1.82, 2.24) is 0 Å². The molecule has 2 saturated carbocycles. The Hall–Kier alpha value is -0.520. The smallest absolute Gasteiger partial charge is 0.0147 e. The zero-order valence-corrected chi connectivity index (χ0v) is 19.7. The fourth-order valence-corrected chi connectivity index (χ4v) is 5.25. The molecule has 0 aromatic carbocycles. The van der Waals surface area contributed by atoms with Crippen LogP contribution in [0.25, 0.3) is 0 Å². The molecule has 0 spiro atoms. The van der Waals surface area contributed by atoms with E-state index in [9.17, 15) is 0 Å². The van der Waals surface area contributed by atoms with Crippen molar-refractivity contribution in [2.24, 2.45) is 35.0 Å². The van der Waals surface area contributed by atoms with E-state index in [2.05, 4.69) is 61.1 Å². The van der Waals surface area contributed by atoms with Crippen molar-refractivity contribution in [3.05, 3.63) is 24.3 Å². The van der Waals surface area contributed by atoms with Gasteiger partial charge in [0.25, 0.3) is 0 Å². The molecule has 0 saturated heterocycles. The third-order valence-corrected chi connectivity index (χ3v) is 7.13. The summed E-state index contributed by atoms with van der Waals surface area (Å²) in [6.07, 6.45) is 14.2. The van der Waals surface area contributed by atoms with Crippen LogP contribution in [0.15, 0.2) is 24.3 Å². The first kappa shape index (κ1) is 25.5. The third-order valence-electron chi connectivity index (χ3n) is 7.13. The minimum absolute atomic E-state index is 0.618. The Morgan fingerprint density at radius 3 is 2.12 bits per heavy atom. The normalized spacial score (nSPS) is 30.7. The molecule has 0 aromatic heterocycles. The molecular weight excluding hydrogens is 312 g/mol. The number of fused-ring (bicyclic) bond motifs is 1. The molecule has 0 aliphatic heterocycles. The van der Waals surface area contributed by atoms with Gasteiger partial charge in [0.05, 0.1) is 0 Å². The first-order valence-electron chi connectivity index (χ1n) is 11.5. The van der Waals surface area contributed by atoms with Crippen LogP contribution in [-0.4, -0.2) is 0 Å². The molecule has 2 aliphatic carbocycles. The molecule has 0 bridgehead atoms. The average molecular weight is 363 g/mol. The van der Waals surface area contributed by atoms with E-state index in [4.69, 9.17) is 0 Å². The molecule has 0 N–H and O–H groups in total. The first-order chi connectivity index (χ1) is 12.3. The summed E-state index contributed by atoms with van der Waals surface area (Å²) in [6, 6.07) is 0. The van der Waals surface area contributed by atoms with E-state index in [-0.39, 0.29) is 0 Å². The highest BCUT2D eigenvalue weighted by atomic mass is 14.5. The zero-order chi connectivity index (χ0) is 20.3. The fourth-order valence-electron chi connectivity index (χ4n) is 5.25. The van der Waals surface area contributed by atoms with Gasteiger partial charge in [-0.2, -0.15) is 0 Å². The van der Waals surface area contributed by atoms with Crippen molar-refractivity contribution < 1.29 is 0 Å². The van der Waals surface area contributed by atoms with Crippen LogP contribution in [0.5, 0.6) is 0 Å². The van der Waals surface area contributed by atoms with Crippen molar-refractivity contribution in [3.8, 4) is 0 Å². The molecule has 0 heteroatoms. The Kier molecular flexibility index (Phi) is 12.5. The van der Waals surface area contributed by atoms with E-state index in [1.807, 2.05) is 19.9 Å². The summed E-state index contributed by atoms with van der Waals surface area (Å²) in [5.74, 6) is 4.33. The summed E-state index contributed by atoms with van der Waals surface area (Å²) in [5, 5.41) is 0. The molecule has 2 fully saturated rings. The van der Waals surface area contributed by atoms with Crippen molar-refractivity contribution in [3.63, 3.8) is 0 Å². The molecule has 2 aliphatic rings. The monoisotopic (exact) mass is 362 g/mol. The lowest BCUT2D eigenvalue weighted by atomic mass is 9.52. The molecule has 3 unspecified atom stereocenters. The average Bonchev–Trinajstić information content (AvgIpc) is 2.62. The van der Waals surface area contributed by atoms with E-state index >= 15 is 0 Å². The van der Waals surface area contributed by atoms with Crippen LogP contribution < -0.4 is 0 Å². The van der Waals surface area contributed by atoms with Crippen LogP contribution >= 0.6 is 0 Å². The van der Waals surface area contributed by atoms with E-state index in [0.717, 1.165) is 36.0 Å². The maximum Gasteiger partial charge on any atom is -0.0147 e. The predicted molar refractivity (Wildman–Crippen MR) is 122 cm³/mol. The van der Waals surface area contributed by atoms with Gasteiger partial charge in [0.2, 0.25) is 0 Å². The van der Waals surface area contributed by atoms with Gasteiger partial charge in [-0.05, 0) is 80.5 Å². The Bertz CT molecular complexity index is 400. The molecule has 0 amide bonds. The second kappa shape index (κ2) is 12.8. The Morgan fingerprint density at radius 1 is 1.08 bits per heavy atom. The Morgan fingerprint density at radius 2 is 1.69 bits per heavy atom. The lowest BCUT2D eigenvalue weighted by molar-refractivity contribution is 0.00577. The third kappa shape index (κ3) is 6.90. The quantitative estimate of drug-likeness (QED) is 0.437. The van der Waals surface area contributed by atoms with E-state index < -0.39 is 0 Å². The van der Waals surface area contributed by atoms with Crippen LogP contribution in [0.3, 0.4) is 0 Å². The number of hydrogen-bond donors (Lipinski definition) is 0. The van der Waals surface area contributed by atoms with Crippen LogP contribution in [0.2, 0.25) is 0 Å². The highest BCUT2D eigenvalue weighted by molar-refractivity contribution is 5.16. The molecule has 0 heterocycles. The molecule has 0 radical (unpaired) electrons. The number of hydrogen-bond acceptors (Lipinski definition) is 0. The summed E-state index contributed by atoms with van der Waals surface area (Å²) >= 11 is 0. The highest BCUT2D eigenvalue weighted by Gasteiger charge is 2.47. The van der Waals surface area contributed by atoms with Gasteiger partial charge in [0.1, 0.15) is 0 Å². The van der Waals surface area contributed by atoms with Gasteiger partial charge in [0, 0.05) is 0 Å². The van der Waals surface area contributed by atoms with E-state index in [1.165, 1.54) is 38.5 Å². The molecule has 26 heavy (non-hydrogen) atoms. The van der Waals surface area contributed by atoms with Crippen molar-refractivity contribution in [2.45, 2.75) is 107 Å². The van der Waals surface area contributed by atoms with Crippen LogP contribution in [0.1, 0.15) is 107 Å². The molecule has 4 atom stereocenters. The minimum atomic E-state index is 0.618. The minimum Gasteiger partial charge on any atom is -0.103 e. The summed E-state index contributed by atoms with van der Waals surface area (Å²) < 4.78 is 0. The summed E-state index contributed by atoms with van der Waals surface area (Å²) in [7, 11) is 0. The second-order valence-electron chi connectivity index (χ2n) is 9.30. The van der Waals surface area contributed by atoms with Crippen LogP contribution in [0, 0.1) is 35.0 Å². The standard InChI is InChI=1S/C16H28.C8H16.C2H6/c1-5-13-8-7-11-16(4)14(12(2)3)9-6-10-15(13)16;1-5-6-8(4)7(2)3;1-2/h5,12,14-15H,6-11H2,1-4H3;5,7-8H,1,6H2,2-4H3;1-2H3/b13-5+;;/t;8-;/m.0./s1. The first-order valence-corrected chi connectivity index (χ1v) is 11.5. The lowest BCUT2D eigenvalue weighted by Crippen LogP contribution is -2.44. The van der Waals surface area contributed by atoms with Gasteiger partial charge in [-0.3, -0.25) is 0 Å². The predicted octanol–water partition coefficient (Wildman–Crippen LogP) is 9.08. The highest BCUT2D eigenvalue weighted by Crippen LogP contribution is 2.57. The van der Waals surface area contributed by atoms with Gasteiger partial charge in [-0.15, -0.1) is 6.58 Å². The summed E-state index contributed by atoms with van der Waals surface area (Å²) in [4.78, 5) is 0. The molecule has 154 valence electrons. The number of rotatable bonds is 4. The summed E-state index contributed by atoms with van der Waals surface area (Å²) in [5.41, 5.74) is 2.39. The SMILES string of the molecule is C/C=C1\CCCC2(C)C1CCCC2C(C)C.C=CC[C@H](C)C(C)C.CC. The van der Waals surface area contributed by atoms with E-state index in [0.29, 0.717) is 5.41 Å². The largest absolute Gasteiger partial charge is 0.103 e. The van der Waals surface area contributed by atoms with Gasteiger partial charge in [-0.25, -0.2) is 0 Å². The molecule has 2 rings (SSSR count). The van der Waals surface area contributed by atoms with Crippen molar-refractivity contribution in [1.29, 1.82) is 0 Å². The van der Waals surface area contributed by atoms with E-state index in [1.54, 1.807) is 5.57 Å². The Labute approximate surface area is 166 Å². The van der Waals surface area contributed by atoms with Crippen molar-refractivity contribution >= 4 is 0 Å². The lowest BCUT2D eigenvalue weighted by Gasteiger charge is -2.53. The molecule has 0 aromatic rings. The van der Waals surface area contributed by atoms with Crippen LogP contribution in [-0.2, 0) is 0 Å². The topological polar surface area (TPSA) is 0 Å². The van der Waals surface area contributed by atoms with Crippen molar-refractivity contribution in [2.75, 3.05) is 0 Å². The summed E-state index contributed by atoms with van der Waals surface area (Å²) in [6.45, 7) is 24.1. The maximum atomic E-state index is 3.68. The maximum absolute atomic E-state index is 3.68. The number of allylic oxidation sites excluding steroid dienone is 3. The molecular formula is C26H50.